The highest BCUT2D eigenvalue weighted by Crippen LogP contribution is 2.32. The molecule has 1 saturated heterocycles. The molecule has 104 valence electrons. The van der Waals surface area contributed by atoms with Crippen LogP contribution in [0.1, 0.15) is 39.0 Å². The number of carboxylic acid groups (broad SMARTS) is 1. The molecule has 1 rings (SSSR count). The molecular weight excluding hydrogens is 232 g/mol. The molecule has 1 fully saturated rings. The molecule has 0 bridgehead atoms. The van der Waals surface area contributed by atoms with Crippen LogP contribution < -0.4 is 0 Å². The van der Waals surface area contributed by atoms with E-state index >= 15 is 0 Å². The van der Waals surface area contributed by atoms with Crippen LogP contribution in [0, 0.1) is 0 Å². The number of rotatable bonds is 6. The van der Waals surface area contributed by atoms with Crippen LogP contribution in [0.25, 0.3) is 0 Å². The van der Waals surface area contributed by atoms with Crippen molar-refractivity contribution in [2.24, 2.45) is 0 Å². The van der Waals surface area contributed by atoms with Gasteiger partial charge >= 0.3 is 5.97 Å². The fourth-order valence-electron chi connectivity index (χ4n) is 2.70. The summed E-state index contributed by atoms with van der Waals surface area (Å²) in [6.07, 6.45) is 3.50. The molecule has 0 radical (unpaired) electrons. The number of amides is 1. The van der Waals surface area contributed by atoms with Gasteiger partial charge in [-0.15, -0.1) is 0 Å². The van der Waals surface area contributed by atoms with Gasteiger partial charge in [0.25, 0.3) is 0 Å². The maximum atomic E-state index is 11.5. The molecule has 0 aromatic rings. The molecule has 1 amide bonds. The van der Waals surface area contributed by atoms with Gasteiger partial charge in [0.1, 0.15) is 5.54 Å². The average molecular weight is 256 g/mol. The second-order valence-electron chi connectivity index (χ2n) is 5.17. The van der Waals surface area contributed by atoms with Gasteiger partial charge in [0.05, 0.1) is 0 Å². The number of hydrogen-bond donors (Lipinski definition) is 1. The molecule has 0 aliphatic carbocycles. The van der Waals surface area contributed by atoms with Crippen molar-refractivity contribution in [1.82, 2.24) is 9.80 Å². The molecule has 5 nitrogen and oxygen atoms in total. The molecule has 5 heteroatoms. The van der Waals surface area contributed by atoms with E-state index in [1.807, 2.05) is 11.8 Å². The van der Waals surface area contributed by atoms with E-state index < -0.39 is 11.5 Å². The van der Waals surface area contributed by atoms with Gasteiger partial charge in [-0.3, -0.25) is 14.5 Å². The lowest BCUT2D eigenvalue weighted by Crippen LogP contribution is -2.50. The maximum absolute atomic E-state index is 11.5. The first-order valence-electron chi connectivity index (χ1n) is 6.62. The second-order valence-corrected chi connectivity index (χ2v) is 5.17. The third-order valence-electron chi connectivity index (χ3n) is 3.92. The van der Waals surface area contributed by atoms with E-state index in [0.29, 0.717) is 19.4 Å². The molecule has 1 N–H and O–H groups in total. The predicted octanol–water partition coefficient (Wildman–Crippen LogP) is 1.18. The zero-order chi connectivity index (χ0) is 13.8. The topological polar surface area (TPSA) is 60.9 Å². The van der Waals surface area contributed by atoms with Crippen molar-refractivity contribution in [1.29, 1.82) is 0 Å². The molecule has 18 heavy (non-hydrogen) atoms. The number of hydrogen-bond acceptors (Lipinski definition) is 3. The van der Waals surface area contributed by atoms with Crippen molar-refractivity contribution >= 4 is 11.9 Å². The van der Waals surface area contributed by atoms with E-state index in [0.717, 1.165) is 25.8 Å². The quantitative estimate of drug-likeness (QED) is 0.775. The summed E-state index contributed by atoms with van der Waals surface area (Å²) in [5, 5.41) is 9.41. The third kappa shape index (κ3) is 3.02. The zero-order valence-electron chi connectivity index (χ0n) is 11.6. The highest BCUT2D eigenvalue weighted by Gasteiger charge is 2.45. The minimum Gasteiger partial charge on any atom is -0.480 e. The second kappa shape index (κ2) is 6.18. The minimum atomic E-state index is -0.721. The summed E-state index contributed by atoms with van der Waals surface area (Å²) in [4.78, 5) is 26.5. The smallest absolute Gasteiger partial charge is 0.324 e. The van der Waals surface area contributed by atoms with Crippen molar-refractivity contribution in [2.75, 3.05) is 27.2 Å². The molecule has 0 aromatic heterocycles. The summed E-state index contributed by atoms with van der Waals surface area (Å²) in [5.74, 6) is -0.618. The van der Waals surface area contributed by atoms with Crippen molar-refractivity contribution in [3.05, 3.63) is 0 Å². The first-order chi connectivity index (χ1) is 8.44. The Bertz CT molecular complexity index is 317. The fraction of sp³-hybridized carbons (Fsp3) is 0.846. The molecule has 1 heterocycles. The molecular formula is C13H24N2O3. The number of carboxylic acids is 1. The van der Waals surface area contributed by atoms with Crippen molar-refractivity contribution < 1.29 is 14.7 Å². The maximum Gasteiger partial charge on any atom is 0.324 e. The van der Waals surface area contributed by atoms with Crippen molar-refractivity contribution in [3.8, 4) is 0 Å². The summed E-state index contributed by atoms with van der Waals surface area (Å²) >= 11 is 0. The Balaban J connectivity index is 2.51. The first kappa shape index (κ1) is 15.0. The molecule has 0 spiro atoms. The molecule has 1 aliphatic heterocycles. The van der Waals surface area contributed by atoms with E-state index in [-0.39, 0.29) is 5.91 Å². The normalized spacial score (nSPS) is 24.2. The Labute approximate surface area is 109 Å². The van der Waals surface area contributed by atoms with Crippen LogP contribution in [-0.4, -0.2) is 59.5 Å². The summed E-state index contributed by atoms with van der Waals surface area (Å²) < 4.78 is 0. The molecule has 0 aromatic carbocycles. The third-order valence-corrected chi connectivity index (χ3v) is 3.92. The van der Waals surface area contributed by atoms with Gasteiger partial charge in [-0.1, -0.05) is 6.92 Å². The Kier molecular flexibility index (Phi) is 5.14. The van der Waals surface area contributed by atoms with Gasteiger partial charge in [-0.25, -0.2) is 0 Å². The monoisotopic (exact) mass is 256 g/mol. The predicted molar refractivity (Wildman–Crippen MR) is 69.4 cm³/mol. The molecule has 1 unspecified atom stereocenters. The lowest BCUT2D eigenvalue weighted by molar-refractivity contribution is -0.150. The van der Waals surface area contributed by atoms with Gasteiger partial charge in [-0.05, 0) is 38.8 Å². The van der Waals surface area contributed by atoms with Crippen LogP contribution in [0.4, 0.5) is 0 Å². The van der Waals surface area contributed by atoms with E-state index in [9.17, 15) is 14.7 Å². The summed E-state index contributed by atoms with van der Waals surface area (Å²) in [7, 11) is 3.48. The minimum absolute atomic E-state index is 0.103. The van der Waals surface area contributed by atoms with E-state index in [1.165, 1.54) is 0 Å². The number of carbonyl (C=O) groups excluding carboxylic acids is 1. The highest BCUT2D eigenvalue weighted by atomic mass is 16.4. The van der Waals surface area contributed by atoms with Gasteiger partial charge in [0.15, 0.2) is 0 Å². The van der Waals surface area contributed by atoms with E-state index in [4.69, 9.17) is 0 Å². The Hall–Kier alpha value is -1.10. The lowest BCUT2D eigenvalue weighted by Gasteiger charge is -2.33. The van der Waals surface area contributed by atoms with Crippen LogP contribution in [0.3, 0.4) is 0 Å². The van der Waals surface area contributed by atoms with E-state index in [2.05, 4.69) is 0 Å². The van der Waals surface area contributed by atoms with Crippen molar-refractivity contribution in [2.45, 2.75) is 44.6 Å². The average Bonchev–Trinajstić information content (AvgIpc) is 2.73. The Morgan fingerprint density at radius 3 is 2.56 bits per heavy atom. The largest absolute Gasteiger partial charge is 0.480 e. The zero-order valence-corrected chi connectivity index (χ0v) is 11.6. The van der Waals surface area contributed by atoms with Gasteiger partial charge < -0.3 is 10.0 Å². The molecule has 1 atom stereocenters. The summed E-state index contributed by atoms with van der Waals surface area (Å²) in [5.41, 5.74) is -0.693. The van der Waals surface area contributed by atoms with Crippen molar-refractivity contribution in [3.63, 3.8) is 0 Å². The Morgan fingerprint density at radius 1 is 1.39 bits per heavy atom. The Morgan fingerprint density at radius 2 is 2.06 bits per heavy atom. The van der Waals surface area contributed by atoms with Crippen LogP contribution >= 0.6 is 0 Å². The number of likely N-dealkylation sites (tertiary alicyclic amines) is 1. The number of aliphatic carboxylic acids is 1. The lowest BCUT2D eigenvalue weighted by atomic mass is 9.93. The van der Waals surface area contributed by atoms with Gasteiger partial charge in [-0.2, -0.15) is 0 Å². The first-order valence-corrected chi connectivity index (χ1v) is 6.62. The fourth-order valence-corrected chi connectivity index (χ4v) is 2.70. The highest BCUT2D eigenvalue weighted by molar-refractivity contribution is 5.79. The summed E-state index contributed by atoms with van der Waals surface area (Å²) in [6.45, 7) is 3.45. The molecule has 1 aliphatic rings. The van der Waals surface area contributed by atoms with Crippen LogP contribution in [0.15, 0.2) is 0 Å². The van der Waals surface area contributed by atoms with Crippen LogP contribution in [-0.2, 0) is 9.59 Å². The SMILES string of the molecule is CCC1(C(=O)O)CCCN1CCCC(=O)N(C)C. The molecule has 0 saturated carbocycles. The van der Waals surface area contributed by atoms with E-state index in [1.54, 1.807) is 19.0 Å². The van der Waals surface area contributed by atoms with Crippen LogP contribution in [0.5, 0.6) is 0 Å². The van der Waals surface area contributed by atoms with Crippen LogP contribution in [0.2, 0.25) is 0 Å². The number of nitrogens with zero attached hydrogens (tertiary/aromatic N) is 2. The van der Waals surface area contributed by atoms with Gasteiger partial charge in [0, 0.05) is 20.5 Å². The standard InChI is InChI=1S/C13H24N2O3/c1-4-13(12(17)18)8-6-10-15(13)9-5-7-11(16)14(2)3/h4-10H2,1-3H3,(H,17,18). The number of carbonyl (C=O) groups is 2. The van der Waals surface area contributed by atoms with Gasteiger partial charge in [0.2, 0.25) is 5.91 Å². The summed E-state index contributed by atoms with van der Waals surface area (Å²) in [6, 6.07) is 0.